The predicted octanol–water partition coefficient (Wildman–Crippen LogP) is 1.61. The second-order valence-electron chi connectivity index (χ2n) is 5.16. The first-order valence-corrected chi connectivity index (χ1v) is 7.39. The van der Waals surface area contributed by atoms with Gasteiger partial charge in [0.05, 0.1) is 11.7 Å². The van der Waals surface area contributed by atoms with Gasteiger partial charge in [-0.05, 0) is 38.4 Å². The first kappa shape index (κ1) is 14.8. The van der Waals surface area contributed by atoms with Gasteiger partial charge in [-0.3, -0.25) is 14.7 Å². The van der Waals surface area contributed by atoms with E-state index >= 15 is 0 Å². The van der Waals surface area contributed by atoms with Gasteiger partial charge in [0.25, 0.3) is 0 Å². The minimum atomic E-state index is -0.0154. The van der Waals surface area contributed by atoms with Crippen molar-refractivity contribution < 1.29 is 4.79 Å². The number of nitrogens with zero attached hydrogens (tertiary/aromatic N) is 2. The maximum Gasteiger partial charge on any atom is 0.237 e. The second-order valence-corrected chi connectivity index (χ2v) is 5.16. The molecule has 1 unspecified atom stereocenters. The van der Waals surface area contributed by atoms with Crippen molar-refractivity contribution in [1.82, 2.24) is 15.2 Å². The van der Waals surface area contributed by atoms with Gasteiger partial charge in [-0.15, -0.1) is 0 Å². The highest BCUT2D eigenvalue weighted by atomic mass is 16.2. The second kappa shape index (κ2) is 7.24. The van der Waals surface area contributed by atoms with Crippen molar-refractivity contribution in [3.05, 3.63) is 24.0 Å². The summed E-state index contributed by atoms with van der Waals surface area (Å²) in [4.78, 5) is 18.6. The maximum atomic E-state index is 12.0. The molecule has 1 aliphatic rings. The van der Waals surface area contributed by atoms with E-state index in [4.69, 9.17) is 0 Å². The van der Waals surface area contributed by atoms with E-state index in [1.54, 1.807) is 7.05 Å². The van der Waals surface area contributed by atoms with Crippen molar-refractivity contribution in [2.75, 3.05) is 25.5 Å². The quantitative estimate of drug-likeness (QED) is 0.858. The number of carbonyl (C=O) groups excluding carboxylic acids is 1. The Balaban J connectivity index is 2.06. The third-order valence-electron chi connectivity index (χ3n) is 3.73. The van der Waals surface area contributed by atoms with Crippen LogP contribution in [0.3, 0.4) is 0 Å². The summed E-state index contributed by atoms with van der Waals surface area (Å²) in [6.07, 6.45) is 5.04. The lowest BCUT2D eigenvalue weighted by molar-refractivity contribution is -0.127. The van der Waals surface area contributed by atoms with E-state index in [2.05, 4.69) is 33.5 Å². The Kier molecular flexibility index (Phi) is 5.35. The van der Waals surface area contributed by atoms with E-state index in [1.807, 2.05) is 12.3 Å². The maximum absolute atomic E-state index is 12.0. The summed E-state index contributed by atoms with van der Waals surface area (Å²) < 4.78 is 0. The Morgan fingerprint density at radius 3 is 3.10 bits per heavy atom. The normalized spacial score (nSPS) is 19.6. The number of likely N-dealkylation sites (tertiary alicyclic amines) is 1. The first-order valence-electron chi connectivity index (χ1n) is 7.39. The fourth-order valence-electron chi connectivity index (χ4n) is 2.73. The highest BCUT2D eigenvalue weighted by Crippen LogP contribution is 2.20. The zero-order valence-electron chi connectivity index (χ0n) is 12.4. The number of amides is 1. The van der Waals surface area contributed by atoms with E-state index in [9.17, 15) is 4.79 Å². The first-order chi connectivity index (χ1) is 9.74. The molecule has 0 radical (unpaired) electrons. The topological polar surface area (TPSA) is 57.3 Å². The molecule has 1 aliphatic heterocycles. The number of hydrogen-bond acceptors (Lipinski definition) is 4. The summed E-state index contributed by atoms with van der Waals surface area (Å²) in [5.41, 5.74) is 2.10. The van der Waals surface area contributed by atoms with Crippen LogP contribution in [0.4, 0.5) is 5.69 Å². The van der Waals surface area contributed by atoms with Gasteiger partial charge in [0.1, 0.15) is 0 Å². The van der Waals surface area contributed by atoms with E-state index in [0.29, 0.717) is 0 Å². The third-order valence-corrected chi connectivity index (χ3v) is 3.73. The molecule has 0 saturated carbocycles. The molecule has 2 N–H and O–H groups in total. The van der Waals surface area contributed by atoms with Crippen molar-refractivity contribution in [3.63, 3.8) is 0 Å². The zero-order chi connectivity index (χ0) is 14.4. The van der Waals surface area contributed by atoms with Crippen LogP contribution in [0.5, 0.6) is 0 Å². The molecule has 1 aromatic rings. The van der Waals surface area contributed by atoms with Gasteiger partial charge in [0.15, 0.2) is 0 Å². The fraction of sp³-hybridized carbons (Fsp3) is 0.600. The predicted molar refractivity (Wildman–Crippen MR) is 80.5 cm³/mol. The molecule has 0 spiro atoms. The van der Waals surface area contributed by atoms with Gasteiger partial charge in [0, 0.05) is 32.0 Å². The number of piperidine rings is 1. The van der Waals surface area contributed by atoms with E-state index in [-0.39, 0.29) is 11.9 Å². The Labute approximate surface area is 120 Å². The molecule has 1 aromatic heterocycles. The molecular weight excluding hydrogens is 252 g/mol. The van der Waals surface area contributed by atoms with Gasteiger partial charge in [-0.2, -0.15) is 0 Å². The Hall–Kier alpha value is -1.62. The number of pyridine rings is 1. The lowest BCUT2D eigenvalue weighted by Gasteiger charge is -2.34. The molecule has 1 fully saturated rings. The Morgan fingerprint density at radius 2 is 2.35 bits per heavy atom. The van der Waals surface area contributed by atoms with Crippen LogP contribution in [-0.4, -0.2) is 42.0 Å². The Morgan fingerprint density at radius 1 is 1.50 bits per heavy atom. The molecule has 1 atom stereocenters. The number of anilines is 1. The molecule has 20 heavy (non-hydrogen) atoms. The average molecular weight is 276 g/mol. The standard InChI is InChI=1S/C15H24N4O/c1-3-17-12-7-8-18-13(10-12)11-19-9-5-4-6-14(19)15(20)16-2/h7-8,10,14H,3-6,9,11H2,1-2H3,(H,16,20)(H,17,18). The summed E-state index contributed by atoms with van der Waals surface area (Å²) in [6.45, 7) is 4.67. The van der Waals surface area contributed by atoms with Crippen molar-refractivity contribution in [2.45, 2.75) is 38.8 Å². The summed E-state index contributed by atoms with van der Waals surface area (Å²) >= 11 is 0. The summed E-state index contributed by atoms with van der Waals surface area (Å²) in [5.74, 6) is 0.118. The van der Waals surface area contributed by atoms with Crippen LogP contribution < -0.4 is 10.6 Å². The molecular formula is C15H24N4O. The lowest BCUT2D eigenvalue weighted by Crippen LogP contribution is -2.48. The van der Waals surface area contributed by atoms with Crippen LogP contribution in [0.2, 0.25) is 0 Å². The summed E-state index contributed by atoms with van der Waals surface area (Å²) in [7, 11) is 1.71. The molecule has 5 heteroatoms. The van der Waals surface area contributed by atoms with Gasteiger partial charge < -0.3 is 10.6 Å². The number of carbonyl (C=O) groups is 1. The van der Waals surface area contributed by atoms with Crippen molar-refractivity contribution in [2.24, 2.45) is 0 Å². The van der Waals surface area contributed by atoms with Crippen LogP contribution in [0, 0.1) is 0 Å². The molecule has 0 aromatic carbocycles. The monoisotopic (exact) mass is 276 g/mol. The van der Waals surface area contributed by atoms with E-state index < -0.39 is 0 Å². The number of nitrogens with one attached hydrogen (secondary N) is 2. The number of hydrogen-bond donors (Lipinski definition) is 2. The molecule has 2 rings (SSSR count). The van der Waals surface area contributed by atoms with Crippen LogP contribution in [0.1, 0.15) is 31.9 Å². The van der Waals surface area contributed by atoms with Crippen LogP contribution in [-0.2, 0) is 11.3 Å². The minimum Gasteiger partial charge on any atom is -0.385 e. The van der Waals surface area contributed by atoms with Gasteiger partial charge in [0.2, 0.25) is 5.91 Å². The fourth-order valence-corrected chi connectivity index (χ4v) is 2.73. The molecule has 1 saturated heterocycles. The zero-order valence-corrected chi connectivity index (χ0v) is 12.4. The van der Waals surface area contributed by atoms with Crippen molar-refractivity contribution >= 4 is 11.6 Å². The third kappa shape index (κ3) is 3.70. The largest absolute Gasteiger partial charge is 0.385 e. The van der Waals surface area contributed by atoms with Crippen LogP contribution >= 0.6 is 0 Å². The summed E-state index contributed by atoms with van der Waals surface area (Å²) in [6, 6.07) is 4.02. The molecule has 2 heterocycles. The molecule has 0 bridgehead atoms. The number of aromatic nitrogens is 1. The molecule has 110 valence electrons. The highest BCUT2D eigenvalue weighted by molar-refractivity contribution is 5.81. The van der Waals surface area contributed by atoms with Gasteiger partial charge in [-0.1, -0.05) is 6.42 Å². The SMILES string of the molecule is CCNc1ccnc(CN2CCCCC2C(=O)NC)c1. The number of likely N-dealkylation sites (N-methyl/N-ethyl adjacent to an activating group) is 1. The average Bonchev–Trinajstić information content (AvgIpc) is 2.48. The smallest absolute Gasteiger partial charge is 0.237 e. The van der Waals surface area contributed by atoms with Crippen molar-refractivity contribution in [3.8, 4) is 0 Å². The van der Waals surface area contributed by atoms with Gasteiger partial charge >= 0.3 is 0 Å². The summed E-state index contributed by atoms with van der Waals surface area (Å²) in [5, 5.41) is 6.06. The Bertz CT molecular complexity index is 449. The number of rotatable bonds is 5. The van der Waals surface area contributed by atoms with Gasteiger partial charge in [-0.25, -0.2) is 0 Å². The molecule has 0 aliphatic carbocycles. The lowest BCUT2D eigenvalue weighted by atomic mass is 10.0. The molecule has 1 amide bonds. The van der Waals surface area contributed by atoms with Crippen LogP contribution in [0.25, 0.3) is 0 Å². The minimum absolute atomic E-state index is 0.0154. The molecule has 5 nitrogen and oxygen atoms in total. The van der Waals surface area contributed by atoms with E-state index in [1.165, 1.54) is 0 Å². The van der Waals surface area contributed by atoms with E-state index in [0.717, 1.165) is 50.3 Å². The van der Waals surface area contributed by atoms with Crippen molar-refractivity contribution in [1.29, 1.82) is 0 Å². The van der Waals surface area contributed by atoms with Crippen LogP contribution in [0.15, 0.2) is 18.3 Å². The highest BCUT2D eigenvalue weighted by Gasteiger charge is 2.28.